The fourth-order valence-electron chi connectivity index (χ4n) is 1.95. The lowest BCUT2D eigenvalue weighted by molar-refractivity contribution is -0.119. The predicted octanol–water partition coefficient (Wildman–Crippen LogP) is 1.66. The second-order valence-corrected chi connectivity index (χ2v) is 4.03. The summed E-state index contributed by atoms with van der Waals surface area (Å²) in [5, 5.41) is 0. The van der Waals surface area contributed by atoms with E-state index < -0.39 is 0 Å². The van der Waals surface area contributed by atoms with Crippen LogP contribution >= 0.6 is 0 Å². The molecule has 0 saturated carbocycles. The summed E-state index contributed by atoms with van der Waals surface area (Å²) in [5.74, 6) is 0.108. The smallest absolute Gasteiger partial charge is 0.254 e. The highest BCUT2D eigenvalue weighted by molar-refractivity contribution is 5.98. The summed E-state index contributed by atoms with van der Waals surface area (Å²) in [6.45, 7) is 2.73. The summed E-state index contributed by atoms with van der Waals surface area (Å²) in [6.07, 6.45) is 1.34. The number of nitrogens with zero attached hydrogens (tertiary/aromatic N) is 1. The summed E-state index contributed by atoms with van der Waals surface area (Å²) < 4.78 is 0. The van der Waals surface area contributed by atoms with E-state index in [-0.39, 0.29) is 18.2 Å². The number of rotatable bonds is 3. The Balaban J connectivity index is 2.18. The molecule has 0 radical (unpaired) electrons. The standard InChI is InChI=1S/C13H15NO2/c1-2-11(15)9-14-8-7-10-5-3-4-6-12(10)13(14)16/h3-6H,2,7-9H2,1H3. The molecule has 0 saturated heterocycles. The van der Waals surface area contributed by atoms with Crippen LogP contribution in [-0.2, 0) is 11.2 Å². The minimum atomic E-state index is -0.0105. The van der Waals surface area contributed by atoms with Gasteiger partial charge < -0.3 is 4.90 Å². The van der Waals surface area contributed by atoms with E-state index in [2.05, 4.69) is 0 Å². The molecule has 0 fully saturated rings. The third-order valence-corrected chi connectivity index (χ3v) is 2.95. The van der Waals surface area contributed by atoms with Crippen molar-refractivity contribution in [3.63, 3.8) is 0 Å². The van der Waals surface area contributed by atoms with Crippen molar-refractivity contribution in [1.82, 2.24) is 4.90 Å². The van der Waals surface area contributed by atoms with Crippen molar-refractivity contribution in [1.29, 1.82) is 0 Å². The number of hydrogen-bond donors (Lipinski definition) is 0. The lowest BCUT2D eigenvalue weighted by atomic mass is 9.99. The van der Waals surface area contributed by atoms with Crippen LogP contribution in [0.5, 0.6) is 0 Å². The number of amides is 1. The molecule has 0 spiro atoms. The molecule has 3 nitrogen and oxygen atoms in total. The summed E-state index contributed by atoms with van der Waals surface area (Å²) in [6, 6.07) is 7.62. The van der Waals surface area contributed by atoms with E-state index in [1.165, 1.54) is 0 Å². The van der Waals surface area contributed by atoms with Crippen molar-refractivity contribution >= 4 is 11.7 Å². The molecule has 3 heteroatoms. The first-order valence-electron chi connectivity index (χ1n) is 5.61. The van der Waals surface area contributed by atoms with Gasteiger partial charge in [0.15, 0.2) is 5.78 Å². The average Bonchev–Trinajstić information content (AvgIpc) is 2.33. The summed E-state index contributed by atoms with van der Waals surface area (Å²) >= 11 is 0. The predicted molar refractivity (Wildman–Crippen MR) is 61.3 cm³/mol. The van der Waals surface area contributed by atoms with Crippen LogP contribution in [0, 0.1) is 0 Å². The van der Waals surface area contributed by atoms with Gasteiger partial charge in [-0.2, -0.15) is 0 Å². The van der Waals surface area contributed by atoms with E-state index in [0.717, 1.165) is 17.5 Å². The molecule has 2 rings (SSSR count). The molecule has 1 aromatic rings. The van der Waals surface area contributed by atoms with E-state index in [0.29, 0.717) is 13.0 Å². The fourth-order valence-corrected chi connectivity index (χ4v) is 1.95. The molecule has 0 unspecified atom stereocenters. The first kappa shape index (κ1) is 10.9. The minimum absolute atomic E-state index is 0.0105. The second-order valence-electron chi connectivity index (χ2n) is 4.03. The highest BCUT2D eigenvalue weighted by Crippen LogP contribution is 2.18. The van der Waals surface area contributed by atoms with Crippen molar-refractivity contribution in [3.8, 4) is 0 Å². The highest BCUT2D eigenvalue weighted by Gasteiger charge is 2.24. The Morgan fingerprint density at radius 1 is 1.38 bits per heavy atom. The molecule has 1 aliphatic rings. The SMILES string of the molecule is CCC(=O)CN1CCc2ccccc2C1=O. The van der Waals surface area contributed by atoms with Crippen LogP contribution in [0.25, 0.3) is 0 Å². The van der Waals surface area contributed by atoms with Gasteiger partial charge >= 0.3 is 0 Å². The Labute approximate surface area is 95.1 Å². The first-order valence-corrected chi connectivity index (χ1v) is 5.61. The fraction of sp³-hybridized carbons (Fsp3) is 0.385. The summed E-state index contributed by atoms with van der Waals surface area (Å²) in [4.78, 5) is 25.0. The Bertz CT molecular complexity index is 426. The maximum atomic E-state index is 12.0. The van der Waals surface area contributed by atoms with E-state index in [4.69, 9.17) is 0 Å². The molecular formula is C13H15NO2. The number of Topliss-reactive ketones (excluding diaryl/α,β-unsaturated/α-hetero) is 1. The quantitative estimate of drug-likeness (QED) is 0.772. The number of ketones is 1. The van der Waals surface area contributed by atoms with Crippen LogP contribution in [0.1, 0.15) is 29.3 Å². The molecule has 1 heterocycles. The lowest BCUT2D eigenvalue weighted by Crippen LogP contribution is -2.40. The summed E-state index contributed by atoms with van der Waals surface area (Å²) in [5.41, 5.74) is 1.84. The molecule has 84 valence electrons. The molecule has 0 N–H and O–H groups in total. The zero-order chi connectivity index (χ0) is 11.5. The molecule has 1 amide bonds. The topological polar surface area (TPSA) is 37.4 Å². The van der Waals surface area contributed by atoms with Crippen LogP contribution in [0.15, 0.2) is 24.3 Å². The maximum absolute atomic E-state index is 12.0. The average molecular weight is 217 g/mol. The normalized spacial score (nSPS) is 14.8. The zero-order valence-corrected chi connectivity index (χ0v) is 9.40. The monoisotopic (exact) mass is 217 g/mol. The Hall–Kier alpha value is -1.64. The Morgan fingerprint density at radius 2 is 2.12 bits per heavy atom. The largest absolute Gasteiger partial charge is 0.331 e. The van der Waals surface area contributed by atoms with Crippen LogP contribution in [0.3, 0.4) is 0 Å². The van der Waals surface area contributed by atoms with E-state index in [1.54, 1.807) is 4.90 Å². The maximum Gasteiger partial charge on any atom is 0.254 e. The van der Waals surface area contributed by atoms with Gasteiger partial charge in [-0.25, -0.2) is 0 Å². The molecule has 0 atom stereocenters. The van der Waals surface area contributed by atoms with Gasteiger partial charge in [0, 0.05) is 18.5 Å². The van der Waals surface area contributed by atoms with Crippen LogP contribution in [-0.4, -0.2) is 29.7 Å². The molecule has 1 aliphatic heterocycles. The van der Waals surface area contributed by atoms with Crippen molar-refractivity contribution in [2.45, 2.75) is 19.8 Å². The van der Waals surface area contributed by atoms with Gasteiger partial charge in [-0.3, -0.25) is 9.59 Å². The number of benzene rings is 1. The van der Waals surface area contributed by atoms with Gasteiger partial charge in [0.2, 0.25) is 0 Å². The van der Waals surface area contributed by atoms with Gasteiger partial charge in [-0.05, 0) is 18.1 Å². The first-order chi connectivity index (χ1) is 7.72. The molecule has 16 heavy (non-hydrogen) atoms. The van der Waals surface area contributed by atoms with Crippen LogP contribution in [0.4, 0.5) is 0 Å². The molecular weight excluding hydrogens is 202 g/mol. The van der Waals surface area contributed by atoms with Crippen LogP contribution < -0.4 is 0 Å². The van der Waals surface area contributed by atoms with Crippen molar-refractivity contribution in [2.75, 3.05) is 13.1 Å². The number of carbonyl (C=O) groups excluding carboxylic acids is 2. The van der Waals surface area contributed by atoms with Gasteiger partial charge in [0.05, 0.1) is 6.54 Å². The minimum Gasteiger partial charge on any atom is -0.331 e. The molecule has 1 aromatic carbocycles. The highest BCUT2D eigenvalue weighted by atomic mass is 16.2. The van der Waals surface area contributed by atoms with Gasteiger partial charge in [-0.15, -0.1) is 0 Å². The zero-order valence-electron chi connectivity index (χ0n) is 9.40. The molecule has 0 aromatic heterocycles. The van der Waals surface area contributed by atoms with Gasteiger partial charge in [0.25, 0.3) is 5.91 Å². The van der Waals surface area contributed by atoms with E-state index in [1.807, 2.05) is 31.2 Å². The number of fused-ring (bicyclic) bond motifs is 1. The van der Waals surface area contributed by atoms with Crippen LogP contribution in [0.2, 0.25) is 0 Å². The lowest BCUT2D eigenvalue weighted by Gasteiger charge is -2.27. The van der Waals surface area contributed by atoms with Crippen molar-refractivity contribution < 1.29 is 9.59 Å². The molecule has 0 bridgehead atoms. The number of carbonyl (C=O) groups is 2. The van der Waals surface area contributed by atoms with Crippen molar-refractivity contribution in [2.24, 2.45) is 0 Å². The second kappa shape index (κ2) is 4.47. The van der Waals surface area contributed by atoms with Crippen molar-refractivity contribution in [3.05, 3.63) is 35.4 Å². The third-order valence-electron chi connectivity index (χ3n) is 2.95. The van der Waals surface area contributed by atoms with E-state index in [9.17, 15) is 9.59 Å². The van der Waals surface area contributed by atoms with Gasteiger partial charge in [0.1, 0.15) is 0 Å². The van der Waals surface area contributed by atoms with E-state index >= 15 is 0 Å². The van der Waals surface area contributed by atoms with Gasteiger partial charge in [-0.1, -0.05) is 25.1 Å². The Kier molecular flexibility index (Phi) is 3.04. The molecule has 0 aliphatic carbocycles. The summed E-state index contributed by atoms with van der Waals surface area (Å²) in [7, 11) is 0. The Morgan fingerprint density at radius 3 is 2.88 bits per heavy atom. The number of hydrogen-bond acceptors (Lipinski definition) is 2. The third kappa shape index (κ3) is 1.98.